The van der Waals surface area contributed by atoms with Crippen molar-refractivity contribution in [2.24, 2.45) is 10.8 Å². The van der Waals surface area contributed by atoms with Crippen LogP contribution in [-0.4, -0.2) is 71.7 Å². The van der Waals surface area contributed by atoms with E-state index in [0.717, 1.165) is 61.2 Å². The number of allylic oxidation sites excluding steroid dienone is 2. The first-order chi connectivity index (χ1) is 42.7. The van der Waals surface area contributed by atoms with Gasteiger partial charge < -0.3 is 33.1 Å². The first kappa shape index (κ1) is 66.5. The first-order valence-corrected chi connectivity index (χ1v) is 29.8. The van der Waals surface area contributed by atoms with Gasteiger partial charge in [0.05, 0.1) is 52.8 Å². The third-order valence-electron chi connectivity index (χ3n) is 13.7. The molecule has 9 aromatic rings. The molecule has 1 N–H and O–H groups in total. The van der Waals surface area contributed by atoms with Gasteiger partial charge in [0.2, 0.25) is 11.8 Å². The topological polar surface area (TPSA) is 206 Å². The Hall–Kier alpha value is -10.0. The lowest BCUT2D eigenvalue weighted by molar-refractivity contribution is -0.150. The van der Waals surface area contributed by atoms with Crippen LogP contribution in [-0.2, 0) is 23.8 Å². The number of unbranched alkanes of at least 4 members (excludes halogenated alkanes) is 3. The maximum atomic E-state index is 13.0. The summed E-state index contributed by atoms with van der Waals surface area (Å²) >= 11 is 0. The van der Waals surface area contributed by atoms with Gasteiger partial charge in [0.15, 0.2) is 5.78 Å². The minimum absolute atomic E-state index is 0.0952. The van der Waals surface area contributed by atoms with Crippen molar-refractivity contribution in [3.05, 3.63) is 242 Å². The molecule has 0 atom stereocenters. The Morgan fingerprint density at radius 1 is 0.517 bits per heavy atom. The third-order valence-corrected chi connectivity index (χ3v) is 13.7. The van der Waals surface area contributed by atoms with Gasteiger partial charge in [-0.2, -0.15) is 0 Å². The predicted octanol–water partition coefficient (Wildman–Crippen LogP) is 15.5. The quantitative estimate of drug-likeness (QED) is 0.0110. The summed E-state index contributed by atoms with van der Waals surface area (Å²) in [6.07, 6.45) is 7.32. The molecule has 9 rings (SSSR count). The lowest BCUT2D eigenvalue weighted by Crippen LogP contribution is -2.25. The number of benzene rings is 7. The molecule has 0 fully saturated rings. The van der Waals surface area contributed by atoms with Crippen molar-refractivity contribution in [1.29, 1.82) is 0 Å². The number of phenols is 1. The number of anilines is 1. The standard InChI is InChI=1S/C28H34O4.C24H31NO4.C22H12N2O4/c1-27(2,3)19-31-25(29)24(26(30)32-20-28(4,5)6)18-17-23(21-13-9-7-10-14-21)22-15-11-8-12-16-22;1-4-7-8-11-16-29-24(28)20-13-10-9-12-19(20)23(27)21-15-14-18(17-22(21)26)25(5-2)6-3;25-21-15-5-1-3-7-17(15)23-19(27-21)13-9-11-14(12-10-13)20-24-18-8-4-2-6-16(18)22(26)28-20/h7-18H,19-20H2,1-6H3;9-10,12-15,17,26H,4-8,11,16H2,1-3H3;1-12H. The molecule has 0 radical (unpaired) electrons. The number of hydrogen-bond acceptors (Lipinski definition) is 15. The van der Waals surface area contributed by atoms with Crippen molar-refractivity contribution >= 4 is 56.8 Å². The SMILES string of the molecule is CC(C)(C)COC(=O)C(=CC=C(c1ccccc1)c1ccccc1)C(=O)OCC(C)(C)C.CCCCCCOC(=O)c1ccccc1C(=O)c1ccc(N(CC)CC)cc1O.O=c1oc(-c2ccc(-c3nc4ccccc4c(=O)o3)cc2)nc2ccccc12. The molecule has 0 unspecified atom stereocenters. The Bertz CT molecular complexity index is 3870. The number of fused-ring (bicyclic) bond motifs is 2. The number of ether oxygens (including phenoxy) is 3. The molecule has 0 saturated carbocycles. The van der Waals surface area contributed by atoms with E-state index in [-0.39, 0.29) is 63.8 Å². The molecule has 0 aliphatic carbocycles. The maximum absolute atomic E-state index is 13.0. The summed E-state index contributed by atoms with van der Waals surface area (Å²) in [4.78, 5) is 86.4. The highest BCUT2D eigenvalue weighted by Crippen LogP contribution is 2.30. The summed E-state index contributed by atoms with van der Waals surface area (Å²) in [5, 5.41) is 11.3. The number of rotatable bonds is 20. The molecule has 2 heterocycles. The number of hydrogen-bond donors (Lipinski definition) is 1. The van der Waals surface area contributed by atoms with Crippen LogP contribution in [0, 0.1) is 10.8 Å². The molecule has 0 amide bonds. The summed E-state index contributed by atoms with van der Waals surface area (Å²) in [6.45, 7) is 20.3. The van der Waals surface area contributed by atoms with Crippen molar-refractivity contribution in [1.82, 2.24) is 9.97 Å². The van der Waals surface area contributed by atoms with Crippen molar-refractivity contribution in [2.75, 3.05) is 37.8 Å². The highest BCUT2D eigenvalue weighted by Gasteiger charge is 2.26. The van der Waals surface area contributed by atoms with Crippen LogP contribution >= 0.6 is 0 Å². The second-order valence-electron chi connectivity index (χ2n) is 23.3. The predicted molar refractivity (Wildman–Crippen MR) is 350 cm³/mol. The summed E-state index contributed by atoms with van der Waals surface area (Å²) in [5.74, 6) is -1.92. The maximum Gasteiger partial charge on any atom is 0.347 e. The van der Waals surface area contributed by atoms with Gasteiger partial charge in [-0.05, 0) is 121 Å². The molecular formula is C74H77N3O12. The Balaban J connectivity index is 0.000000190. The van der Waals surface area contributed by atoms with Crippen LogP contribution < -0.4 is 16.2 Å². The summed E-state index contributed by atoms with van der Waals surface area (Å²) in [6, 6.07) is 52.2. The lowest BCUT2D eigenvalue weighted by atomic mass is 9.97. The van der Waals surface area contributed by atoms with E-state index < -0.39 is 34.9 Å². The molecule has 0 aliphatic rings. The molecule has 0 bridgehead atoms. The van der Waals surface area contributed by atoms with Crippen LogP contribution in [0.1, 0.15) is 125 Å². The van der Waals surface area contributed by atoms with Crippen molar-refractivity contribution in [2.45, 2.75) is 88.0 Å². The molecule has 0 aliphatic heterocycles. The number of ketones is 1. The average molecular weight is 1200 g/mol. The molecule has 15 heteroatoms. The normalized spacial score (nSPS) is 11.0. The fourth-order valence-electron chi connectivity index (χ4n) is 9.01. The van der Waals surface area contributed by atoms with Crippen LogP contribution in [0.25, 0.3) is 50.3 Å². The number of esters is 3. The molecular weight excluding hydrogens is 1120 g/mol. The van der Waals surface area contributed by atoms with E-state index in [9.17, 15) is 33.9 Å². The van der Waals surface area contributed by atoms with Crippen molar-refractivity contribution in [3.63, 3.8) is 0 Å². The van der Waals surface area contributed by atoms with Crippen LogP contribution in [0.2, 0.25) is 0 Å². The van der Waals surface area contributed by atoms with Gasteiger partial charge >= 0.3 is 29.2 Å². The zero-order valence-corrected chi connectivity index (χ0v) is 52.0. The summed E-state index contributed by atoms with van der Waals surface area (Å²) in [5.41, 5.74) is 5.28. The number of para-hydroxylation sites is 2. The van der Waals surface area contributed by atoms with E-state index in [1.165, 1.54) is 6.08 Å². The first-order valence-electron chi connectivity index (χ1n) is 29.8. The molecule has 0 saturated heterocycles. The largest absolute Gasteiger partial charge is 0.507 e. The van der Waals surface area contributed by atoms with Crippen molar-refractivity contribution in [3.8, 4) is 28.7 Å². The van der Waals surface area contributed by atoms with E-state index in [1.807, 2.05) is 134 Å². The number of carbonyl (C=O) groups is 4. The van der Waals surface area contributed by atoms with E-state index in [4.69, 9.17) is 23.0 Å². The number of carbonyl (C=O) groups excluding carboxylic acids is 4. The van der Waals surface area contributed by atoms with Crippen LogP contribution in [0.3, 0.4) is 0 Å². The molecule has 460 valence electrons. The molecule has 15 nitrogen and oxygen atoms in total. The lowest BCUT2D eigenvalue weighted by Gasteiger charge is -2.21. The zero-order chi connectivity index (χ0) is 64.1. The number of phenolic OH excluding ortho intramolecular Hbond substituents is 1. The molecule has 89 heavy (non-hydrogen) atoms. The fraction of sp³-hybridized carbons (Fsp3) is 0.270. The number of aromatic nitrogens is 2. The van der Waals surface area contributed by atoms with E-state index in [2.05, 4.69) is 21.8 Å². The Morgan fingerprint density at radius 3 is 1.44 bits per heavy atom. The smallest absolute Gasteiger partial charge is 0.347 e. The van der Waals surface area contributed by atoms with Crippen LogP contribution in [0.4, 0.5) is 5.69 Å². The Labute approximate surface area is 519 Å². The highest BCUT2D eigenvalue weighted by molar-refractivity contribution is 6.16. The van der Waals surface area contributed by atoms with E-state index in [1.54, 1.807) is 103 Å². The second-order valence-corrected chi connectivity index (χ2v) is 23.3. The highest BCUT2D eigenvalue weighted by atomic mass is 16.6. The summed E-state index contributed by atoms with van der Waals surface area (Å²) in [7, 11) is 0. The van der Waals surface area contributed by atoms with Gasteiger partial charge in [0, 0.05) is 41.5 Å². The van der Waals surface area contributed by atoms with Gasteiger partial charge in [-0.25, -0.2) is 33.9 Å². The molecule has 2 aromatic heterocycles. The van der Waals surface area contributed by atoms with Crippen LogP contribution in [0.5, 0.6) is 5.75 Å². The van der Waals surface area contributed by atoms with Gasteiger partial charge in [-0.15, -0.1) is 0 Å². The molecule has 7 aromatic carbocycles. The van der Waals surface area contributed by atoms with Crippen molar-refractivity contribution < 1.29 is 47.3 Å². The Morgan fingerprint density at radius 2 is 0.978 bits per heavy atom. The zero-order valence-electron chi connectivity index (χ0n) is 52.0. The minimum Gasteiger partial charge on any atom is -0.507 e. The van der Waals surface area contributed by atoms with Crippen LogP contribution in [0.15, 0.2) is 212 Å². The third kappa shape index (κ3) is 19.0. The Kier molecular flexibility index (Phi) is 23.6. The number of nitrogens with zero attached hydrogens (tertiary/aromatic N) is 3. The van der Waals surface area contributed by atoms with E-state index in [0.29, 0.717) is 39.5 Å². The average Bonchev–Trinajstić information content (AvgIpc) is 1.62. The van der Waals surface area contributed by atoms with Gasteiger partial charge in [0.25, 0.3) is 0 Å². The van der Waals surface area contributed by atoms with Gasteiger partial charge in [-0.1, -0.05) is 177 Å². The fourth-order valence-corrected chi connectivity index (χ4v) is 9.01. The van der Waals surface area contributed by atoms with Gasteiger partial charge in [0.1, 0.15) is 11.3 Å². The monoisotopic (exact) mass is 1200 g/mol. The van der Waals surface area contributed by atoms with Gasteiger partial charge in [-0.3, -0.25) is 4.79 Å². The molecule has 0 spiro atoms. The minimum atomic E-state index is -0.685. The summed E-state index contributed by atoms with van der Waals surface area (Å²) < 4.78 is 26.9. The number of aromatic hydroxyl groups is 1. The second kappa shape index (κ2) is 31.6. The van der Waals surface area contributed by atoms with E-state index >= 15 is 0 Å².